The molecule has 0 atom stereocenters. The molecule has 0 aliphatic carbocycles. The third-order valence-corrected chi connectivity index (χ3v) is 5.98. The first-order chi connectivity index (χ1) is 16.6. The number of benzene rings is 2. The molecule has 3 aromatic rings. The lowest BCUT2D eigenvalue weighted by Crippen LogP contribution is -2.45. The number of carbonyl (C=O) groups excluding carboxylic acids is 2. The molecule has 4 rings (SSSR count). The number of piperidine rings is 1. The Labute approximate surface area is 198 Å². The van der Waals surface area contributed by atoms with Crippen LogP contribution < -0.4 is 25.0 Å². The predicted octanol–water partition coefficient (Wildman–Crippen LogP) is 3.63. The highest BCUT2D eigenvalue weighted by Crippen LogP contribution is 2.27. The summed E-state index contributed by atoms with van der Waals surface area (Å²) in [5.41, 5.74) is 1.99. The number of para-hydroxylation sites is 1. The molecule has 1 aromatic heterocycles. The van der Waals surface area contributed by atoms with E-state index in [1.165, 1.54) is 7.11 Å². The first kappa shape index (κ1) is 23.2. The minimum Gasteiger partial charge on any atom is -0.497 e. The summed E-state index contributed by atoms with van der Waals surface area (Å²) >= 11 is 0. The van der Waals surface area contributed by atoms with Crippen LogP contribution in [0.4, 0.5) is 5.69 Å². The molecule has 0 spiro atoms. The lowest BCUT2D eigenvalue weighted by atomic mass is 10.0. The number of nitrogens with one attached hydrogen (secondary N) is 2. The number of nitrogens with zero attached hydrogens (tertiary/aromatic N) is 1. The van der Waals surface area contributed by atoms with Crippen LogP contribution in [-0.4, -0.2) is 45.2 Å². The molecule has 0 bridgehead atoms. The van der Waals surface area contributed by atoms with Crippen LogP contribution in [0.2, 0.25) is 0 Å². The number of rotatable bonds is 8. The van der Waals surface area contributed by atoms with Gasteiger partial charge in [-0.05, 0) is 49.2 Å². The van der Waals surface area contributed by atoms with Gasteiger partial charge in [-0.1, -0.05) is 12.1 Å². The van der Waals surface area contributed by atoms with E-state index in [0.29, 0.717) is 34.9 Å². The van der Waals surface area contributed by atoms with Crippen LogP contribution in [0.3, 0.4) is 0 Å². The summed E-state index contributed by atoms with van der Waals surface area (Å²) in [5.74, 6) is 1.50. The van der Waals surface area contributed by atoms with E-state index in [2.05, 4.69) is 15.5 Å². The topological polar surface area (TPSA) is 93.0 Å². The molecule has 2 amide bonds. The van der Waals surface area contributed by atoms with E-state index in [1.807, 2.05) is 30.3 Å². The highest BCUT2D eigenvalue weighted by Gasteiger charge is 2.25. The maximum Gasteiger partial charge on any atom is 0.255 e. The van der Waals surface area contributed by atoms with Gasteiger partial charge in [0, 0.05) is 30.9 Å². The molecule has 0 saturated carbocycles. The Balaban J connectivity index is 1.36. The zero-order valence-corrected chi connectivity index (χ0v) is 19.4. The number of amides is 2. The fraction of sp³-hybridized carbons (Fsp3) is 0.308. The Kier molecular flexibility index (Phi) is 7.37. The summed E-state index contributed by atoms with van der Waals surface area (Å²) in [5, 5.41) is 6.03. The van der Waals surface area contributed by atoms with Gasteiger partial charge in [0.2, 0.25) is 0 Å². The Morgan fingerprint density at radius 2 is 1.76 bits per heavy atom. The van der Waals surface area contributed by atoms with Gasteiger partial charge in [0.15, 0.2) is 0 Å². The summed E-state index contributed by atoms with van der Waals surface area (Å²) < 4.78 is 15.9. The molecule has 1 fully saturated rings. The summed E-state index contributed by atoms with van der Waals surface area (Å²) in [4.78, 5) is 27.9. The van der Waals surface area contributed by atoms with Crippen LogP contribution in [0.25, 0.3) is 0 Å². The van der Waals surface area contributed by atoms with Crippen molar-refractivity contribution in [1.29, 1.82) is 0 Å². The van der Waals surface area contributed by atoms with Crippen molar-refractivity contribution in [2.45, 2.75) is 25.4 Å². The van der Waals surface area contributed by atoms with Gasteiger partial charge in [-0.3, -0.25) is 9.59 Å². The molecule has 8 heteroatoms. The molecule has 1 saturated heterocycles. The highest BCUT2D eigenvalue weighted by molar-refractivity contribution is 6.00. The lowest BCUT2D eigenvalue weighted by molar-refractivity contribution is 0.0926. The van der Waals surface area contributed by atoms with Crippen LogP contribution in [0.15, 0.2) is 65.3 Å². The van der Waals surface area contributed by atoms with E-state index >= 15 is 0 Å². The molecular formula is C26H29N3O5. The predicted molar refractivity (Wildman–Crippen MR) is 129 cm³/mol. The maximum absolute atomic E-state index is 12.9. The fourth-order valence-corrected chi connectivity index (χ4v) is 4.13. The van der Waals surface area contributed by atoms with Crippen molar-refractivity contribution in [3.8, 4) is 11.5 Å². The molecular weight excluding hydrogens is 434 g/mol. The quantitative estimate of drug-likeness (QED) is 0.530. The summed E-state index contributed by atoms with van der Waals surface area (Å²) in [7, 11) is 3.11. The molecule has 2 aromatic carbocycles. The van der Waals surface area contributed by atoms with E-state index < -0.39 is 0 Å². The zero-order valence-electron chi connectivity index (χ0n) is 19.4. The van der Waals surface area contributed by atoms with Gasteiger partial charge in [0.25, 0.3) is 11.8 Å². The molecule has 8 nitrogen and oxygen atoms in total. The van der Waals surface area contributed by atoms with Crippen molar-refractivity contribution < 1.29 is 23.5 Å². The summed E-state index contributed by atoms with van der Waals surface area (Å²) in [6, 6.07) is 16.4. The summed E-state index contributed by atoms with van der Waals surface area (Å²) in [6.45, 7) is 1.80. The second-order valence-corrected chi connectivity index (χ2v) is 8.08. The van der Waals surface area contributed by atoms with E-state index in [0.717, 1.165) is 31.6 Å². The molecule has 0 radical (unpaired) electrons. The van der Waals surface area contributed by atoms with Crippen LogP contribution in [0.5, 0.6) is 11.5 Å². The molecule has 2 heterocycles. The van der Waals surface area contributed by atoms with E-state index in [4.69, 9.17) is 13.9 Å². The molecule has 1 aliphatic heterocycles. The number of anilines is 1. The van der Waals surface area contributed by atoms with E-state index in [1.54, 1.807) is 37.6 Å². The third-order valence-electron chi connectivity index (χ3n) is 5.98. The normalized spacial score (nSPS) is 13.9. The number of hydrogen-bond donors (Lipinski definition) is 2. The van der Waals surface area contributed by atoms with Gasteiger partial charge in [-0.25, -0.2) is 0 Å². The van der Waals surface area contributed by atoms with E-state index in [-0.39, 0.29) is 17.9 Å². The van der Waals surface area contributed by atoms with Gasteiger partial charge in [0.05, 0.1) is 38.2 Å². The number of carbonyl (C=O) groups is 2. The Bertz CT molecular complexity index is 1120. The Morgan fingerprint density at radius 3 is 2.47 bits per heavy atom. The first-order valence-corrected chi connectivity index (χ1v) is 11.3. The molecule has 34 heavy (non-hydrogen) atoms. The standard InChI is InChI=1S/C26H29N3O5/c1-32-19-9-10-22(24(16-19)33-2)26(31)28-18-11-13-29(14-12-18)23-8-4-3-7-21(23)25(30)27-17-20-6-5-15-34-20/h3-10,15-16,18H,11-14,17H2,1-2H3,(H,27,30)(H,28,31). The smallest absolute Gasteiger partial charge is 0.255 e. The van der Waals surface area contributed by atoms with Crippen molar-refractivity contribution in [3.63, 3.8) is 0 Å². The van der Waals surface area contributed by atoms with Crippen molar-refractivity contribution in [1.82, 2.24) is 10.6 Å². The van der Waals surface area contributed by atoms with Gasteiger partial charge >= 0.3 is 0 Å². The van der Waals surface area contributed by atoms with Gasteiger partial charge in [0.1, 0.15) is 17.3 Å². The number of furan rings is 1. The number of ether oxygens (including phenoxy) is 2. The lowest BCUT2D eigenvalue weighted by Gasteiger charge is -2.35. The maximum atomic E-state index is 12.9. The van der Waals surface area contributed by atoms with Crippen molar-refractivity contribution in [3.05, 3.63) is 77.7 Å². The average Bonchev–Trinajstić information content (AvgIpc) is 3.41. The van der Waals surface area contributed by atoms with Gasteiger partial charge in [-0.15, -0.1) is 0 Å². The molecule has 0 unspecified atom stereocenters. The number of hydrogen-bond acceptors (Lipinski definition) is 6. The van der Waals surface area contributed by atoms with Crippen LogP contribution in [-0.2, 0) is 6.54 Å². The van der Waals surface area contributed by atoms with Crippen molar-refractivity contribution in [2.75, 3.05) is 32.2 Å². The van der Waals surface area contributed by atoms with Crippen LogP contribution in [0.1, 0.15) is 39.3 Å². The van der Waals surface area contributed by atoms with Gasteiger partial charge < -0.3 is 29.4 Å². The number of methoxy groups -OCH3 is 2. The Morgan fingerprint density at radius 1 is 0.971 bits per heavy atom. The third kappa shape index (κ3) is 5.33. The van der Waals surface area contributed by atoms with Gasteiger partial charge in [-0.2, -0.15) is 0 Å². The van der Waals surface area contributed by atoms with Crippen LogP contribution >= 0.6 is 0 Å². The fourth-order valence-electron chi connectivity index (χ4n) is 4.13. The molecule has 178 valence electrons. The summed E-state index contributed by atoms with van der Waals surface area (Å²) in [6.07, 6.45) is 3.13. The molecule has 2 N–H and O–H groups in total. The molecule has 1 aliphatic rings. The minimum absolute atomic E-state index is 0.0375. The van der Waals surface area contributed by atoms with E-state index in [9.17, 15) is 9.59 Å². The van der Waals surface area contributed by atoms with Crippen LogP contribution in [0, 0.1) is 0 Å². The highest BCUT2D eigenvalue weighted by atomic mass is 16.5. The minimum atomic E-state index is -0.171. The second-order valence-electron chi connectivity index (χ2n) is 8.08. The Hall–Kier alpha value is -3.94. The second kappa shape index (κ2) is 10.8. The average molecular weight is 464 g/mol. The van der Waals surface area contributed by atoms with Crippen molar-refractivity contribution >= 4 is 17.5 Å². The SMILES string of the molecule is COc1ccc(C(=O)NC2CCN(c3ccccc3C(=O)NCc3ccco3)CC2)c(OC)c1. The van der Waals surface area contributed by atoms with Crippen molar-refractivity contribution in [2.24, 2.45) is 0 Å². The zero-order chi connectivity index (χ0) is 23.9. The monoisotopic (exact) mass is 463 g/mol. The largest absolute Gasteiger partial charge is 0.497 e. The first-order valence-electron chi connectivity index (χ1n) is 11.3.